The number of benzene rings is 1. The van der Waals surface area contributed by atoms with E-state index < -0.39 is 28.9 Å². The molecule has 2 heterocycles. The van der Waals surface area contributed by atoms with E-state index in [1.54, 1.807) is 11.5 Å². The van der Waals surface area contributed by atoms with Crippen LogP contribution in [0.1, 0.15) is 70.7 Å². The quantitative estimate of drug-likeness (QED) is 0.569. The van der Waals surface area contributed by atoms with E-state index in [9.17, 15) is 19.5 Å². The molecule has 162 valence electrons. The lowest BCUT2D eigenvalue weighted by molar-refractivity contribution is 0.0694. The van der Waals surface area contributed by atoms with Crippen molar-refractivity contribution in [2.45, 2.75) is 45.7 Å². The zero-order valence-corrected chi connectivity index (χ0v) is 17.5. The molecule has 0 saturated carbocycles. The Morgan fingerprint density at radius 3 is 2.42 bits per heavy atom. The normalized spacial score (nSPS) is 12.0. The van der Waals surface area contributed by atoms with Gasteiger partial charge in [-0.3, -0.25) is 9.59 Å². The molecule has 2 aromatic heterocycles. The largest absolute Gasteiger partial charge is 0.477 e. The van der Waals surface area contributed by atoms with Crippen LogP contribution in [0.2, 0.25) is 0 Å². The van der Waals surface area contributed by atoms with Gasteiger partial charge in [0, 0.05) is 24.9 Å². The molecule has 0 bridgehead atoms. The third kappa shape index (κ3) is 5.25. The molecule has 0 aliphatic carbocycles. The molecule has 1 aromatic carbocycles. The summed E-state index contributed by atoms with van der Waals surface area (Å²) in [5, 5.41) is 15.9. The average Bonchev–Trinajstić information content (AvgIpc) is 3.24. The van der Waals surface area contributed by atoms with Gasteiger partial charge in [-0.25, -0.2) is 4.79 Å². The lowest BCUT2D eigenvalue weighted by atomic mass is 10.1. The van der Waals surface area contributed by atoms with E-state index in [0.29, 0.717) is 18.8 Å². The predicted octanol–water partition coefficient (Wildman–Crippen LogP) is 2.79. The number of carboxylic acid groups (broad SMARTS) is 1. The number of pyridine rings is 1. The molecular weight excluding hydrogens is 400 g/mol. The first-order valence-corrected chi connectivity index (χ1v) is 9.92. The molecule has 0 fully saturated rings. The lowest BCUT2D eigenvalue weighted by Crippen LogP contribution is -2.34. The monoisotopic (exact) mass is 424 g/mol. The van der Waals surface area contributed by atoms with Crippen LogP contribution >= 0.6 is 0 Å². The van der Waals surface area contributed by atoms with Crippen molar-refractivity contribution in [1.82, 2.24) is 20.0 Å². The van der Waals surface area contributed by atoms with Gasteiger partial charge in [-0.2, -0.15) is 4.98 Å². The van der Waals surface area contributed by atoms with Gasteiger partial charge in [0.2, 0.25) is 11.3 Å². The molecule has 0 radical (unpaired) electrons. The van der Waals surface area contributed by atoms with Crippen molar-refractivity contribution in [3.63, 3.8) is 0 Å². The first-order chi connectivity index (χ1) is 14.8. The van der Waals surface area contributed by atoms with E-state index in [1.165, 1.54) is 12.4 Å². The van der Waals surface area contributed by atoms with Gasteiger partial charge in [0.05, 0.1) is 0 Å². The molecule has 9 heteroatoms. The fourth-order valence-corrected chi connectivity index (χ4v) is 2.97. The SMILES string of the molecule is CC(C)c1noc([C@@H](C)NC(=O)c2cn(CCc3ccccc3)cc(C(=O)O)c2=O)n1. The van der Waals surface area contributed by atoms with Crippen molar-refractivity contribution < 1.29 is 19.2 Å². The van der Waals surface area contributed by atoms with Crippen LogP contribution in [0.15, 0.2) is 52.0 Å². The van der Waals surface area contributed by atoms with Crippen molar-refractivity contribution >= 4 is 11.9 Å². The van der Waals surface area contributed by atoms with Gasteiger partial charge in [-0.15, -0.1) is 0 Å². The third-order valence-corrected chi connectivity index (χ3v) is 4.75. The highest BCUT2D eigenvalue weighted by molar-refractivity contribution is 5.97. The summed E-state index contributed by atoms with van der Waals surface area (Å²) in [6.07, 6.45) is 3.23. The minimum absolute atomic E-state index is 0.0597. The van der Waals surface area contributed by atoms with E-state index in [4.69, 9.17) is 4.52 Å². The van der Waals surface area contributed by atoms with Crippen LogP contribution < -0.4 is 10.7 Å². The molecule has 0 unspecified atom stereocenters. The Kier molecular flexibility index (Phi) is 6.64. The second-order valence-corrected chi connectivity index (χ2v) is 7.53. The molecule has 0 spiro atoms. The molecule has 0 aliphatic rings. The van der Waals surface area contributed by atoms with Crippen LogP contribution in [0.5, 0.6) is 0 Å². The van der Waals surface area contributed by atoms with Gasteiger partial charge < -0.3 is 19.5 Å². The number of aryl methyl sites for hydroxylation is 2. The highest BCUT2D eigenvalue weighted by Gasteiger charge is 2.23. The number of hydrogen-bond acceptors (Lipinski definition) is 6. The minimum atomic E-state index is -1.39. The number of rotatable bonds is 8. The predicted molar refractivity (Wildman–Crippen MR) is 112 cm³/mol. The van der Waals surface area contributed by atoms with Gasteiger partial charge in [-0.1, -0.05) is 49.3 Å². The molecule has 0 saturated heterocycles. The highest BCUT2D eigenvalue weighted by Crippen LogP contribution is 2.15. The fourth-order valence-electron chi connectivity index (χ4n) is 2.97. The smallest absolute Gasteiger partial charge is 0.341 e. The Morgan fingerprint density at radius 2 is 1.81 bits per heavy atom. The second-order valence-electron chi connectivity index (χ2n) is 7.53. The summed E-state index contributed by atoms with van der Waals surface area (Å²) in [7, 11) is 0. The molecule has 1 atom stereocenters. The Balaban J connectivity index is 1.83. The molecule has 1 amide bonds. The Hall–Kier alpha value is -3.75. The third-order valence-electron chi connectivity index (χ3n) is 4.75. The van der Waals surface area contributed by atoms with Crippen molar-refractivity contribution in [3.05, 3.63) is 81.4 Å². The number of aromatic nitrogens is 3. The lowest BCUT2D eigenvalue weighted by Gasteiger charge is -2.13. The molecule has 2 N–H and O–H groups in total. The first-order valence-electron chi connectivity index (χ1n) is 9.92. The van der Waals surface area contributed by atoms with Crippen molar-refractivity contribution in [1.29, 1.82) is 0 Å². The fraction of sp³-hybridized carbons (Fsp3) is 0.318. The van der Waals surface area contributed by atoms with Crippen LogP contribution in [0.25, 0.3) is 0 Å². The van der Waals surface area contributed by atoms with Crippen LogP contribution in [0.3, 0.4) is 0 Å². The van der Waals surface area contributed by atoms with E-state index >= 15 is 0 Å². The van der Waals surface area contributed by atoms with Gasteiger partial charge in [0.15, 0.2) is 5.82 Å². The zero-order valence-electron chi connectivity index (χ0n) is 17.5. The maximum atomic E-state index is 12.8. The molecule has 9 nitrogen and oxygen atoms in total. The Morgan fingerprint density at radius 1 is 1.13 bits per heavy atom. The van der Waals surface area contributed by atoms with Gasteiger partial charge >= 0.3 is 5.97 Å². The standard InChI is InChI=1S/C22H24N4O5/c1-13(2)19-24-21(31-25-19)14(3)23-20(28)16-11-26(12-17(18(16)27)22(29)30)10-9-15-7-5-4-6-8-15/h4-8,11-14H,9-10H2,1-3H3,(H,23,28)(H,29,30)/t14-/m1/s1. The molecule has 31 heavy (non-hydrogen) atoms. The van der Waals surface area contributed by atoms with E-state index in [0.717, 1.165) is 5.56 Å². The van der Waals surface area contributed by atoms with Crippen LogP contribution in [-0.2, 0) is 13.0 Å². The second kappa shape index (κ2) is 9.38. The zero-order chi connectivity index (χ0) is 22.5. The van der Waals surface area contributed by atoms with Crippen LogP contribution in [0, 0.1) is 0 Å². The molecular formula is C22H24N4O5. The summed E-state index contributed by atoms with van der Waals surface area (Å²) < 4.78 is 6.72. The molecule has 3 rings (SSSR count). The Bertz CT molecular complexity index is 1130. The average molecular weight is 424 g/mol. The summed E-state index contributed by atoms with van der Waals surface area (Å²) >= 11 is 0. The number of nitrogens with one attached hydrogen (secondary N) is 1. The number of carboxylic acids is 1. The van der Waals surface area contributed by atoms with Gasteiger partial charge in [-0.05, 0) is 18.9 Å². The molecule has 0 aliphatic heterocycles. The van der Waals surface area contributed by atoms with Gasteiger partial charge in [0.1, 0.15) is 17.2 Å². The summed E-state index contributed by atoms with van der Waals surface area (Å²) in [5.74, 6) is -1.33. The number of carbonyl (C=O) groups is 2. The maximum Gasteiger partial charge on any atom is 0.341 e. The number of amides is 1. The topological polar surface area (TPSA) is 127 Å². The van der Waals surface area contributed by atoms with Gasteiger partial charge in [0.25, 0.3) is 5.91 Å². The summed E-state index contributed by atoms with van der Waals surface area (Å²) in [6.45, 7) is 5.87. The summed E-state index contributed by atoms with van der Waals surface area (Å²) in [4.78, 5) is 41.2. The van der Waals surface area contributed by atoms with Crippen molar-refractivity contribution in [2.24, 2.45) is 0 Å². The van der Waals surface area contributed by atoms with Crippen LogP contribution in [0.4, 0.5) is 0 Å². The highest BCUT2D eigenvalue weighted by atomic mass is 16.5. The molecule has 3 aromatic rings. The van der Waals surface area contributed by atoms with E-state index in [1.807, 2.05) is 44.2 Å². The minimum Gasteiger partial charge on any atom is -0.477 e. The van der Waals surface area contributed by atoms with Crippen molar-refractivity contribution in [3.8, 4) is 0 Å². The number of aromatic carboxylic acids is 1. The maximum absolute atomic E-state index is 12.8. The number of carbonyl (C=O) groups excluding carboxylic acids is 1. The van der Waals surface area contributed by atoms with Crippen molar-refractivity contribution in [2.75, 3.05) is 0 Å². The van der Waals surface area contributed by atoms with E-state index in [-0.39, 0.29) is 17.4 Å². The Labute approximate surface area is 178 Å². The number of hydrogen-bond donors (Lipinski definition) is 2. The van der Waals surface area contributed by atoms with E-state index in [2.05, 4.69) is 15.5 Å². The first kappa shape index (κ1) is 21.9. The summed E-state index contributed by atoms with van der Waals surface area (Å²) in [6, 6.07) is 8.97. The number of nitrogens with zero attached hydrogens (tertiary/aromatic N) is 3. The van der Waals surface area contributed by atoms with Crippen LogP contribution in [-0.4, -0.2) is 31.7 Å². The summed E-state index contributed by atoms with van der Waals surface area (Å²) in [5.41, 5.74) is -0.520.